The zero-order valence-corrected chi connectivity index (χ0v) is 13.9. The minimum atomic E-state index is -0.0255. The van der Waals surface area contributed by atoms with Crippen LogP contribution in [0.2, 0.25) is 0 Å². The second kappa shape index (κ2) is 5.06. The first-order valence-corrected chi connectivity index (χ1v) is 9.57. The van der Waals surface area contributed by atoms with Gasteiger partial charge in [-0.15, -0.1) is 0 Å². The molecular weight excluding hydrogens is 280 g/mol. The van der Waals surface area contributed by atoms with Crippen LogP contribution in [0.15, 0.2) is 29.8 Å². The summed E-state index contributed by atoms with van der Waals surface area (Å²) < 4.78 is 0. The van der Waals surface area contributed by atoms with Crippen LogP contribution in [-0.4, -0.2) is 5.78 Å². The van der Waals surface area contributed by atoms with Gasteiger partial charge in [0.05, 0.1) is 0 Å². The van der Waals surface area contributed by atoms with E-state index >= 15 is 0 Å². The summed E-state index contributed by atoms with van der Waals surface area (Å²) in [4.78, 5) is 12.9. The summed E-state index contributed by atoms with van der Waals surface area (Å²) >= 11 is 0. The van der Waals surface area contributed by atoms with Gasteiger partial charge in [-0.25, -0.2) is 0 Å². The minimum absolute atomic E-state index is 0.0255. The lowest BCUT2D eigenvalue weighted by Gasteiger charge is -2.39. The number of Topliss-reactive ketones (excluding diaryl/α,β-unsaturated/α-hetero) is 1. The number of hydrogen-bond acceptors (Lipinski definition) is 1. The predicted molar refractivity (Wildman–Crippen MR) is 92.5 cm³/mol. The highest BCUT2D eigenvalue weighted by atomic mass is 16.1. The number of ketones is 1. The van der Waals surface area contributed by atoms with Crippen LogP contribution in [0.3, 0.4) is 0 Å². The SMILES string of the molecule is O=C1Cc2ccc(C3CCCCC3)cc2CC12CC1=CCC2C1. The summed E-state index contributed by atoms with van der Waals surface area (Å²) in [6, 6.07) is 7.08. The Kier molecular flexibility index (Phi) is 3.08. The molecule has 0 radical (unpaired) electrons. The van der Waals surface area contributed by atoms with Gasteiger partial charge >= 0.3 is 0 Å². The number of hydrogen-bond donors (Lipinski definition) is 0. The fourth-order valence-corrected chi connectivity index (χ4v) is 5.90. The van der Waals surface area contributed by atoms with Crippen LogP contribution in [0.5, 0.6) is 0 Å². The first-order valence-electron chi connectivity index (χ1n) is 9.57. The summed E-state index contributed by atoms with van der Waals surface area (Å²) in [6.45, 7) is 0. The average Bonchev–Trinajstić information content (AvgIpc) is 3.18. The molecule has 2 saturated carbocycles. The third-order valence-corrected chi connectivity index (χ3v) is 7.24. The second-order valence-corrected chi connectivity index (χ2v) is 8.47. The normalized spacial score (nSPS) is 33.1. The standard InChI is InChI=1S/C22H26O/c23-21-12-18-8-7-17(16-4-2-1-3-5-16)11-19(18)14-22(21)13-15-6-9-20(22)10-15/h6-8,11,16,20H,1-5,9-10,12-14H2. The van der Waals surface area contributed by atoms with Gasteiger partial charge in [0.2, 0.25) is 0 Å². The van der Waals surface area contributed by atoms with Crippen molar-refractivity contribution >= 4 is 5.78 Å². The van der Waals surface area contributed by atoms with Crippen LogP contribution in [-0.2, 0) is 17.6 Å². The number of benzene rings is 1. The van der Waals surface area contributed by atoms with Crippen LogP contribution in [0, 0.1) is 11.3 Å². The predicted octanol–water partition coefficient (Wildman–Crippen LogP) is 5.13. The molecule has 2 unspecified atom stereocenters. The summed E-state index contributed by atoms with van der Waals surface area (Å²) in [6.07, 6.45) is 14.4. The van der Waals surface area contributed by atoms with Gasteiger partial charge in [0.15, 0.2) is 0 Å². The molecule has 4 aliphatic rings. The highest BCUT2D eigenvalue weighted by molar-refractivity contribution is 5.90. The average molecular weight is 306 g/mol. The molecule has 1 aromatic carbocycles. The lowest BCUT2D eigenvalue weighted by molar-refractivity contribution is -0.131. The number of allylic oxidation sites excluding steroid dienone is 2. The van der Waals surface area contributed by atoms with Gasteiger partial charge < -0.3 is 0 Å². The van der Waals surface area contributed by atoms with Crippen molar-refractivity contribution in [3.05, 3.63) is 46.5 Å². The summed E-state index contributed by atoms with van der Waals surface area (Å²) in [7, 11) is 0. The topological polar surface area (TPSA) is 17.1 Å². The van der Waals surface area contributed by atoms with E-state index in [2.05, 4.69) is 24.3 Å². The van der Waals surface area contributed by atoms with Crippen molar-refractivity contribution in [3.8, 4) is 0 Å². The molecule has 2 fully saturated rings. The Morgan fingerprint density at radius 3 is 2.61 bits per heavy atom. The van der Waals surface area contributed by atoms with Gasteiger partial charge in [-0.05, 0) is 67.1 Å². The molecule has 2 bridgehead atoms. The molecule has 2 atom stereocenters. The molecule has 0 amide bonds. The van der Waals surface area contributed by atoms with E-state index in [-0.39, 0.29) is 5.41 Å². The lowest BCUT2D eigenvalue weighted by Crippen LogP contribution is -2.42. The third kappa shape index (κ3) is 2.08. The maximum Gasteiger partial charge on any atom is 0.144 e. The van der Waals surface area contributed by atoms with E-state index in [0.29, 0.717) is 18.1 Å². The van der Waals surface area contributed by atoms with E-state index in [1.54, 1.807) is 11.1 Å². The number of fused-ring (bicyclic) bond motifs is 4. The van der Waals surface area contributed by atoms with Crippen LogP contribution >= 0.6 is 0 Å². The number of carbonyl (C=O) groups excluding carboxylic acids is 1. The van der Waals surface area contributed by atoms with E-state index in [0.717, 1.165) is 25.2 Å². The molecule has 23 heavy (non-hydrogen) atoms. The maximum absolute atomic E-state index is 12.9. The van der Waals surface area contributed by atoms with Gasteiger partial charge in [0.1, 0.15) is 5.78 Å². The van der Waals surface area contributed by atoms with Gasteiger partial charge in [-0.2, -0.15) is 0 Å². The van der Waals surface area contributed by atoms with Gasteiger partial charge in [-0.1, -0.05) is 49.1 Å². The van der Waals surface area contributed by atoms with Gasteiger partial charge in [0.25, 0.3) is 0 Å². The van der Waals surface area contributed by atoms with E-state index in [9.17, 15) is 4.79 Å². The Labute approximate surface area is 139 Å². The minimum Gasteiger partial charge on any atom is -0.299 e. The Morgan fingerprint density at radius 1 is 1.00 bits per heavy atom. The van der Waals surface area contributed by atoms with Crippen LogP contribution in [0.1, 0.15) is 74.0 Å². The van der Waals surface area contributed by atoms with Crippen molar-refractivity contribution in [2.45, 2.75) is 70.1 Å². The van der Waals surface area contributed by atoms with Crippen LogP contribution < -0.4 is 0 Å². The van der Waals surface area contributed by atoms with Crippen LogP contribution in [0.4, 0.5) is 0 Å². The third-order valence-electron chi connectivity index (χ3n) is 7.24. The number of rotatable bonds is 1. The Hall–Kier alpha value is -1.37. The molecule has 0 heterocycles. The monoisotopic (exact) mass is 306 g/mol. The van der Waals surface area contributed by atoms with Crippen molar-refractivity contribution < 1.29 is 4.79 Å². The fourth-order valence-electron chi connectivity index (χ4n) is 5.90. The van der Waals surface area contributed by atoms with E-state index < -0.39 is 0 Å². The molecular formula is C22H26O. The molecule has 0 N–H and O–H groups in total. The highest BCUT2D eigenvalue weighted by Gasteiger charge is 2.53. The molecule has 4 aliphatic carbocycles. The van der Waals surface area contributed by atoms with Crippen molar-refractivity contribution in [1.82, 2.24) is 0 Å². The fraction of sp³-hybridized carbons (Fsp3) is 0.591. The lowest BCUT2D eigenvalue weighted by atomic mass is 9.63. The second-order valence-electron chi connectivity index (χ2n) is 8.47. The molecule has 1 nitrogen and oxygen atoms in total. The molecule has 0 aliphatic heterocycles. The van der Waals surface area contributed by atoms with Crippen LogP contribution in [0.25, 0.3) is 0 Å². The molecule has 1 spiro atoms. The smallest absolute Gasteiger partial charge is 0.144 e. The molecule has 120 valence electrons. The van der Waals surface area contributed by atoms with E-state index in [4.69, 9.17) is 0 Å². The number of carbonyl (C=O) groups is 1. The van der Waals surface area contributed by atoms with E-state index in [1.807, 2.05) is 0 Å². The quantitative estimate of drug-likeness (QED) is 0.657. The molecule has 0 saturated heterocycles. The highest BCUT2D eigenvalue weighted by Crippen LogP contribution is 2.57. The maximum atomic E-state index is 12.9. The van der Waals surface area contributed by atoms with Gasteiger partial charge in [-0.3, -0.25) is 4.79 Å². The molecule has 5 rings (SSSR count). The zero-order valence-electron chi connectivity index (χ0n) is 13.9. The summed E-state index contributed by atoms with van der Waals surface area (Å²) in [5, 5.41) is 0. The van der Waals surface area contributed by atoms with E-state index in [1.165, 1.54) is 49.7 Å². The summed E-state index contributed by atoms with van der Waals surface area (Å²) in [5.41, 5.74) is 5.91. The summed E-state index contributed by atoms with van der Waals surface area (Å²) in [5.74, 6) is 1.91. The largest absolute Gasteiger partial charge is 0.299 e. The molecule has 1 aromatic rings. The van der Waals surface area contributed by atoms with Gasteiger partial charge in [0, 0.05) is 11.8 Å². The molecule has 0 aromatic heterocycles. The first kappa shape index (κ1) is 14.0. The van der Waals surface area contributed by atoms with Crippen molar-refractivity contribution in [1.29, 1.82) is 0 Å². The molecule has 1 heteroatoms. The first-order chi connectivity index (χ1) is 11.2. The zero-order chi connectivity index (χ0) is 15.4. The van der Waals surface area contributed by atoms with Crippen molar-refractivity contribution in [2.24, 2.45) is 11.3 Å². The van der Waals surface area contributed by atoms with Crippen molar-refractivity contribution in [2.75, 3.05) is 0 Å². The van der Waals surface area contributed by atoms with Crippen molar-refractivity contribution in [3.63, 3.8) is 0 Å². The Balaban J connectivity index is 1.49. The Morgan fingerprint density at radius 2 is 1.87 bits per heavy atom. The Bertz CT molecular complexity index is 692.